The molecule has 0 bridgehead atoms. The maximum atomic E-state index is 13.6. The van der Waals surface area contributed by atoms with Gasteiger partial charge in [0.05, 0.1) is 30.2 Å². The Bertz CT molecular complexity index is 1660. The molecule has 3 amide bonds. The SMILES string of the molecule is CCC(Sc1cccc(NC(=O)/C(=C\c2ccc(OC)c(OC)c2)NC(=O)c2ccccc2)c1)C(=O)Nc1ccccc1Cl. The Hall–Kier alpha value is -4.73. The average molecular weight is 630 g/mol. The van der Waals surface area contributed by atoms with Crippen molar-refractivity contribution >= 4 is 58.5 Å². The Morgan fingerprint density at radius 1 is 0.841 bits per heavy atom. The summed E-state index contributed by atoms with van der Waals surface area (Å²) >= 11 is 7.59. The lowest BCUT2D eigenvalue weighted by atomic mass is 10.1. The molecule has 3 N–H and O–H groups in total. The lowest BCUT2D eigenvalue weighted by molar-refractivity contribution is -0.116. The first-order valence-corrected chi connectivity index (χ1v) is 15.0. The standard InChI is InChI=1S/C34H32ClN3O5S/c1-4-31(34(41)37-27-16-9-8-15-26(27)35)44-25-14-10-13-24(21-25)36-33(40)28(38-32(39)23-11-6-5-7-12-23)19-22-17-18-29(42-2)30(20-22)43-3/h5-21,31H,4H2,1-3H3,(H,36,40)(H,37,41)(H,38,39)/b28-19+. The van der Waals surface area contributed by atoms with Crippen LogP contribution in [0.15, 0.2) is 108 Å². The van der Waals surface area contributed by atoms with Crippen LogP contribution in [0.3, 0.4) is 0 Å². The summed E-state index contributed by atoms with van der Waals surface area (Å²) in [5, 5.41) is 8.55. The molecule has 8 nitrogen and oxygen atoms in total. The van der Waals surface area contributed by atoms with Gasteiger partial charge in [-0.05, 0) is 72.7 Å². The van der Waals surface area contributed by atoms with Crippen LogP contribution in [0.5, 0.6) is 11.5 Å². The Morgan fingerprint density at radius 3 is 2.27 bits per heavy atom. The fourth-order valence-corrected chi connectivity index (χ4v) is 5.36. The molecule has 4 aromatic carbocycles. The van der Waals surface area contributed by atoms with Gasteiger partial charge in [-0.1, -0.05) is 61.0 Å². The Labute approximate surface area is 265 Å². The second kappa shape index (κ2) is 15.7. The second-order valence-corrected chi connectivity index (χ2v) is 11.1. The highest BCUT2D eigenvalue weighted by Gasteiger charge is 2.20. The monoisotopic (exact) mass is 629 g/mol. The smallest absolute Gasteiger partial charge is 0.272 e. The third-order valence-corrected chi connectivity index (χ3v) is 8.10. The van der Waals surface area contributed by atoms with Crippen molar-refractivity contribution in [2.75, 3.05) is 24.9 Å². The number of rotatable bonds is 12. The molecule has 4 aromatic rings. The molecule has 0 spiro atoms. The zero-order valence-corrected chi connectivity index (χ0v) is 26.0. The summed E-state index contributed by atoms with van der Waals surface area (Å²) in [6, 6.07) is 28.0. The van der Waals surface area contributed by atoms with E-state index in [-0.39, 0.29) is 11.6 Å². The first kappa shape index (κ1) is 32.2. The Balaban J connectivity index is 1.54. The molecule has 0 saturated heterocycles. The van der Waals surface area contributed by atoms with Crippen LogP contribution >= 0.6 is 23.4 Å². The molecule has 0 aliphatic rings. The first-order chi connectivity index (χ1) is 21.3. The molecule has 0 aromatic heterocycles. The number of para-hydroxylation sites is 1. The summed E-state index contributed by atoms with van der Waals surface area (Å²) in [6.07, 6.45) is 2.13. The van der Waals surface area contributed by atoms with Crippen LogP contribution in [0.2, 0.25) is 5.02 Å². The molecule has 0 aliphatic heterocycles. The van der Waals surface area contributed by atoms with Crippen molar-refractivity contribution in [3.63, 3.8) is 0 Å². The van der Waals surface area contributed by atoms with Crippen molar-refractivity contribution in [3.8, 4) is 11.5 Å². The van der Waals surface area contributed by atoms with Gasteiger partial charge in [-0.3, -0.25) is 14.4 Å². The van der Waals surface area contributed by atoms with Crippen LogP contribution in [-0.2, 0) is 9.59 Å². The molecular weight excluding hydrogens is 598 g/mol. The minimum Gasteiger partial charge on any atom is -0.493 e. The minimum atomic E-state index is -0.533. The van der Waals surface area contributed by atoms with E-state index >= 15 is 0 Å². The van der Waals surface area contributed by atoms with Crippen molar-refractivity contribution in [2.45, 2.75) is 23.5 Å². The lowest BCUT2D eigenvalue weighted by Gasteiger charge is -2.16. The fraction of sp³-hybridized carbons (Fsp3) is 0.147. The molecule has 0 fully saturated rings. The van der Waals surface area contributed by atoms with Crippen LogP contribution in [0.25, 0.3) is 6.08 Å². The molecule has 10 heteroatoms. The number of nitrogens with one attached hydrogen (secondary N) is 3. The van der Waals surface area contributed by atoms with Crippen LogP contribution in [0.1, 0.15) is 29.3 Å². The molecule has 0 radical (unpaired) electrons. The zero-order chi connectivity index (χ0) is 31.5. The zero-order valence-electron chi connectivity index (χ0n) is 24.4. The number of anilines is 2. The Kier molecular flexibility index (Phi) is 11.5. The third kappa shape index (κ3) is 8.65. The number of benzene rings is 4. The van der Waals surface area contributed by atoms with Crippen molar-refractivity contribution in [3.05, 3.63) is 119 Å². The van der Waals surface area contributed by atoms with Crippen molar-refractivity contribution in [1.82, 2.24) is 5.32 Å². The van der Waals surface area contributed by atoms with Gasteiger partial charge in [-0.2, -0.15) is 0 Å². The van der Waals surface area contributed by atoms with Gasteiger partial charge in [0.1, 0.15) is 5.70 Å². The molecule has 4 rings (SSSR count). The van der Waals surface area contributed by atoms with E-state index in [1.54, 1.807) is 97.1 Å². The number of carbonyl (C=O) groups is 3. The van der Waals surface area contributed by atoms with Crippen molar-refractivity contribution < 1.29 is 23.9 Å². The molecule has 0 saturated carbocycles. The molecular formula is C34H32ClN3O5S. The van der Waals surface area contributed by atoms with Crippen molar-refractivity contribution in [2.24, 2.45) is 0 Å². The van der Waals surface area contributed by atoms with Gasteiger partial charge in [0.2, 0.25) is 5.91 Å². The van der Waals surface area contributed by atoms with E-state index in [9.17, 15) is 14.4 Å². The van der Waals surface area contributed by atoms with Crippen LogP contribution < -0.4 is 25.4 Å². The first-order valence-electron chi connectivity index (χ1n) is 13.7. The van der Waals surface area contributed by atoms with E-state index in [1.807, 2.05) is 13.0 Å². The molecule has 1 unspecified atom stereocenters. The van der Waals surface area contributed by atoms with Gasteiger partial charge in [0.15, 0.2) is 11.5 Å². The number of ether oxygens (including phenoxy) is 2. The molecule has 44 heavy (non-hydrogen) atoms. The summed E-state index contributed by atoms with van der Waals surface area (Å²) in [5.41, 5.74) is 2.08. The van der Waals surface area contributed by atoms with Gasteiger partial charge < -0.3 is 25.4 Å². The third-order valence-electron chi connectivity index (χ3n) is 6.41. The second-order valence-electron chi connectivity index (χ2n) is 9.46. The largest absolute Gasteiger partial charge is 0.493 e. The van der Waals surface area contributed by atoms with E-state index in [0.29, 0.717) is 45.4 Å². The molecule has 1 atom stereocenters. The summed E-state index contributed by atoms with van der Waals surface area (Å²) in [5.74, 6) is -0.140. The van der Waals surface area contributed by atoms with E-state index in [0.717, 1.165) is 4.90 Å². The number of thioether (sulfide) groups is 1. The predicted molar refractivity (Wildman–Crippen MR) is 177 cm³/mol. The average Bonchev–Trinajstić information content (AvgIpc) is 3.04. The molecule has 0 heterocycles. The summed E-state index contributed by atoms with van der Waals surface area (Å²) in [4.78, 5) is 40.4. The number of carbonyl (C=O) groups excluding carboxylic acids is 3. The summed E-state index contributed by atoms with van der Waals surface area (Å²) in [6.45, 7) is 1.93. The van der Waals surface area contributed by atoms with E-state index < -0.39 is 17.1 Å². The van der Waals surface area contributed by atoms with E-state index in [1.165, 1.54) is 26.0 Å². The van der Waals surface area contributed by atoms with E-state index in [2.05, 4.69) is 16.0 Å². The Morgan fingerprint density at radius 2 is 1.57 bits per heavy atom. The topological polar surface area (TPSA) is 106 Å². The van der Waals surface area contributed by atoms with Gasteiger partial charge in [-0.15, -0.1) is 11.8 Å². The van der Waals surface area contributed by atoms with Gasteiger partial charge >= 0.3 is 0 Å². The number of amides is 3. The number of hydrogen-bond acceptors (Lipinski definition) is 6. The summed E-state index contributed by atoms with van der Waals surface area (Å²) < 4.78 is 10.7. The number of halogens is 1. The minimum absolute atomic E-state index is 0.0229. The summed E-state index contributed by atoms with van der Waals surface area (Å²) in [7, 11) is 3.05. The maximum absolute atomic E-state index is 13.6. The van der Waals surface area contributed by atoms with Gasteiger partial charge in [0, 0.05) is 16.1 Å². The highest BCUT2D eigenvalue weighted by molar-refractivity contribution is 8.00. The van der Waals surface area contributed by atoms with Crippen LogP contribution in [-0.4, -0.2) is 37.2 Å². The molecule has 0 aliphatic carbocycles. The highest BCUT2D eigenvalue weighted by Crippen LogP contribution is 2.31. The number of hydrogen-bond donors (Lipinski definition) is 3. The van der Waals surface area contributed by atoms with Crippen LogP contribution in [0.4, 0.5) is 11.4 Å². The quantitative estimate of drug-likeness (QED) is 0.112. The van der Waals surface area contributed by atoms with Gasteiger partial charge in [0.25, 0.3) is 11.8 Å². The molecule has 226 valence electrons. The lowest BCUT2D eigenvalue weighted by Crippen LogP contribution is -2.30. The highest BCUT2D eigenvalue weighted by atomic mass is 35.5. The fourth-order valence-electron chi connectivity index (χ4n) is 4.16. The predicted octanol–water partition coefficient (Wildman–Crippen LogP) is 7.28. The number of methoxy groups -OCH3 is 2. The maximum Gasteiger partial charge on any atom is 0.272 e. The van der Waals surface area contributed by atoms with Gasteiger partial charge in [-0.25, -0.2) is 0 Å². The van der Waals surface area contributed by atoms with E-state index in [4.69, 9.17) is 21.1 Å². The van der Waals surface area contributed by atoms with Crippen LogP contribution in [0, 0.1) is 0 Å². The normalized spacial score (nSPS) is 11.7. The van der Waals surface area contributed by atoms with Crippen molar-refractivity contribution in [1.29, 1.82) is 0 Å².